The van der Waals surface area contributed by atoms with Gasteiger partial charge in [0.25, 0.3) is 0 Å². The van der Waals surface area contributed by atoms with Gasteiger partial charge in [0.2, 0.25) is 0 Å². The third-order valence-corrected chi connectivity index (χ3v) is 5.67. The number of aliphatic hydroxyl groups is 1. The summed E-state index contributed by atoms with van der Waals surface area (Å²) in [6, 6.07) is 17.1. The second-order valence-corrected chi connectivity index (χ2v) is 7.74. The lowest BCUT2D eigenvalue weighted by Gasteiger charge is -2.37. The van der Waals surface area contributed by atoms with Gasteiger partial charge in [-0.1, -0.05) is 28.1 Å². The monoisotopic (exact) mass is 386 g/mol. The summed E-state index contributed by atoms with van der Waals surface area (Å²) < 4.78 is 1.12. The molecule has 1 saturated carbocycles. The van der Waals surface area contributed by atoms with Gasteiger partial charge < -0.3 is 14.9 Å². The smallest absolute Gasteiger partial charge is 0.0818 e. The fourth-order valence-corrected chi connectivity index (χ4v) is 3.71. The number of halogens is 1. The molecule has 1 saturated heterocycles. The van der Waals surface area contributed by atoms with Crippen LogP contribution in [0.1, 0.15) is 24.5 Å². The van der Waals surface area contributed by atoms with Gasteiger partial charge in [0, 0.05) is 42.0 Å². The number of rotatable bonds is 4. The molecule has 0 spiro atoms. The molecule has 4 rings (SSSR count). The first-order chi connectivity index (χ1) is 11.7. The predicted molar refractivity (Wildman–Crippen MR) is 103 cm³/mol. The highest BCUT2D eigenvalue weighted by Crippen LogP contribution is 2.41. The molecule has 24 heavy (non-hydrogen) atoms. The van der Waals surface area contributed by atoms with Crippen molar-refractivity contribution in [3.8, 4) is 0 Å². The maximum atomic E-state index is 10.2. The van der Waals surface area contributed by atoms with Crippen molar-refractivity contribution in [2.75, 3.05) is 36.0 Å². The molecular formula is C20H23BrN2O. The van der Waals surface area contributed by atoms with Crippen LogP contribution in [-0.4, -0.2) is 31.3 Å². The molecule has 1 N–H and O–H groups in total. The molecule has 3 nitrogen and oxygen atoms in total. The van der Waals surface area contributed by atoms with Gasteiger partial charge in [-0.05, 0) is 60.7 Å². The topological polar surface area (TPSA) is 26.7 Å². The third-order valence-electron chi connectivity index (χ3n) is 5.14. The summed E-state index contributed by atoms with van der Waals surface area (Å²) in [5.41, 5.74) is 3.62. The van der Waals surface area contributed by atoms with E-state index in [0.29, 0.717) is 5.92 Å². The van der Waals surface area contributed by atoms with Crippen molar-refractivity contribution in [2.45, 2.75) is 18.9 Å². The van der Waals surface area contributed by atoms with Gasteiger partial charge >= 0.3 is 0 Å². The number of hydrogen-bond acceptors (Lipinski definition) is 3. The van der Waals surface area contributed by atoms with Crippen molar-refractivity contribution in [2.24, 2.45) is 5.92 Å². The molecule has 0 aromatic heterocycles. The molecule has 1 aliphatic heterocycles. The second kappa shape index (κ2) is 6.77. The average Bonchev–Trinajstić information content (AvgIpc) is 3.47. The van der Waals surface area contributed by atoms with E-state index in [1.54, 1.807) is 0 Å². The van der Waals surface area contributed by atoms with E-state index in [1.807, 2.05) is 0 Å². The van der Waals surface area contributed by atoms with Gasteiger partial charge in [-0.15, -0.1) is 0 Å². The molecule has 2 aromatic rings. The number of benzene rings is 2. The number of hydrogen-bond donors (Lipinski definition) is 1. The van der Waals surface area contributed by atoms with Crippen molar-refractivity contribution in [3.05, 3.63) is 58.6 Å². The van der Waals surface area contributed by atoms with Crippen LogP contribution in [-0.2, 0) is 0 Å². The highest BCUT2D eigenvalue weighted by Gasteiger charge is 2.30. The van der Waals surface area contributed by atoms with Crippen LogP contribution in [0.3, 0.4) is 0 Å². The fourth-order valence-electron chi connectivity index (χ4n) is 3.44. The second-order valence-electron chi connectivity index (χ2n) is 6.82. The Balaban J connectivity index is 1.37. The Kier molecular flexibility index (Phi) is 4.51. The van der Waals surface area contributed by atoms with Gasteiger partial charge in [0.15, 0.2) is 0 Å². The van der Waals surface area contributed by atoms with Crippen LogP contribution >= 0.6 is 15.9 Å². The van der Waals surface area contributed by atoms with E-state index < -0.39 is 0 Å². The zero-order valence-corrected chi connectivity index (χ0v) is 15.3. The quantitative estimate of drug-likeness (QED) is 0.851. The van der Waals surface area contributed by atoms with Crippen LogP contribution in [0.4, 0.5) is 11.4 Å². The molecule has 126 valence electrons. The van der Waals surface area contributed by atoms with Crippen molar-refractivity contribution >= 4 is 27.3 Å². The Morgan fingerprint density at radius 2 is 1.25 bits per heavy atom. The fraction of sp³-hybridized carbons (Fsp3) is 0.400. The molecule has 1 aliphatic carbocycles. The van der Waals surface area contributed by atoms with Gasteiger partial charge in [0.05, 0.1) is 6.10 Å². The Morgan fingerprint density at radius 3 is 1.71 bits per heavy atom. The van der Waals surface area contributed by atoms with Crippen molar-refractivity contribution in [3.63, 3.8) is 0 Å². The Morgan fingerprint density at radius 1 is 0.792 bits per heavy atom. The predicted octanol–water partition coefficient (Wildman–Crippen LogP) is 4.22. The van der Waals surface area contributed by atoms with Crippen LogP contribution in [0, 0.1) is 5.92 Å². The van der Waals surface area contributed by atoms with Crippen LogP contribution in [0.25, 0.3) is 0 Å². The van der Waals surface area contributed by atoms with Gasteiger partial charge in [0.1, 0.15) is 0 Å². The Bertz CT molecular complexity index is 674. The van der Waals surface area contributed by atoms with Gasteiger partial charge in [-0.25, -0.2) is 0 Å². The summed E-state index contributed by atoms with van der Waals surface area (Å²) in [5.74, 6) is 0.491. The summed E-state index contributed by atoms with van der Waals surface area (Å²) in [5, 5.41) is 10.2. The van der Waals surface area contributed by atoms with Crippen LogP contribution in [0.15, 0.2) is 53.0 Å². The molecule has 2 aromatic carbocycles. The Hall–Kier alpha value is -1.52. The lowest BCUT2D eigenvalue weighted by molar-refractivity contribution is 0.154. The normalized spacial score (nSPS) is 19.4. The minimum atomic E-state index is -0.270. The summed E-state index contributed by atoms with van der Waals surface area (Å²) in [7, 11) is 0. The zero-order valence-electron chi connectivity index (χ0n) is 13.7. The van der Waals surface area contributed by atoms with E-state index in [2.05, 4.69) is 74.3 Å². The SMILES string of the molecule is OC(c1ccc(N2CCN(c3ccc(Br)cc3)CC2)cc1)C1CC1. The van der Waals surface area contributed by atoms with Crippen LogP contribution < -0.4 is 9.80 Å². The molecule has 1 atom stereocenters. The number of aliphatic hydroxyl groups excluding tert-OH is 1. The summed E-state index contributed by atoms with van der Waals surface area (Å²) >= 11 is 3.49. The number of anilines is 2. The molecule has 0 radical (unpaired) electrons. The van der Waals surface area contributed by atoms with E-state index >= 15 is 0 Å². The lowest BCUT2D eigenvalue weighted by Crippen LogP contribution is -2.46. The van der Waals surface area contributed by atoms with Crippen molar-refractivity contribution < 1.29 is 5.11 Å². The van der Waals surface area contributed by atoms with Gasteiger partial charge in [-0.3, -0.25) is 0 Å². The van der Waals surface area contributed by atoms with Crippen LogP contribution in [0.5, 0.6) is 0 Å². The summed E-state index contributed by atoms with van der Waals surface area (Å²) in [6.07, 6.45) is 2.07. The van der Waals surface area contributed by atoms with E-state index in [-0.39, 0.29) is 6.10 Å². The van der Waals surface area contributed by atoms with Crippen molar-refractivity contribution in [1.29, 1.82) is 0 Å². The Labute approximate surface area is 152 Å². The van der Waals surface area contributed by atoms with Gasteiger partial charge in [-0.2, -0.15) is 0 Å². The molecule has 2 aliphatic rings. The van der Waals surface area contributed by atoms with E-state index in [4.69, 9.17) is 0 Å². The number of nitrogens with zero attached hydrogens (tertiary/aromatic N) is 2. The highest BCUT2D eigenvalue weighted by molar-refractivity contribution is 9.10. The first-order valence-corrected chi connectivity index (χ1v) is 9.53. The molecular weight excluding hydrogens is 364 g/mol. The molecule has 0 bridgehead atoms. The molecule has 1 unspecified atom stereocenters. The van der Waals surface area contributed by atoms with E-state index in [0.717, 1.165) is 36.2 Å². The minimum Gasteiger partial charge on any atom is -0.388 e. The van der Waals surface area contributed by atoms with Crippen molar-refractivity contribution in [1.82, 2.24) is 0 Å². The number of piperazine rings is 1. The third kappa shape index (κ3) is 3.45. The molecule has 1 heterocycles. The first kappa shape index (κ1) is 16.0. The molecule has 4 heteroatoms. The first-order valence-electron chi connectivity index (χ1n) is 8.74. The molecule has 2 fully saturated rings. The van der Waals surface area contributed by atoms with Crippen LogP contribution in [0.2, 0.25) is 0 Å². The lowest BCUT2D eigenvalue weighted by atomic mass is 10.0. The minimum absolute atomic E-state index is 0.270. The largest absolute Gasteiger partial charge is 0.388 e. The average molecular weight is 387 g/mol. The summed E-state index contributed by atoms with van der Waals surface area (Å²) in [6.45, 7) is 4.13. The summed E-state index contributed by atoms with van der Waals surface area (Å²) in [4.78, 5) is 4.87. The maximum Gasteiger partial charge on any atom is 0.0818 e. The maximum absolute atomic E-state index is 10.2. The van der Waals surface area contributed by atoms with E-state index in [1.165, 1.54) is 24.2 Å². The standard InChI is InChI=1S/C20H23BrN2O/c21-17-5-9-19(10-6-17)23-13-11-22(12-14-23)18-7-3-16(4-8-18)20(24)15-1-2-15/h3-10,15,20,24H,1-2,11-14H2. The highest BCUT2D eigenvalue weighted by atomic mass is 79.9. The molecule has 0 amide bonds. The zero-order chi connectivity index (χ0) is 16.5. The van der Waals surface area contributed by atoms with E-state index in [9.17, 15) is 5.11 Å².